The second-order valence-electron chi connectivity index (χ2n) is 5.14. The van der Waals surface area contributed by atoms with Crippen molar-refractivity contribution in [1.82, 2.24) is 5.32 Å². The summed E-state index contributed by atoms with van der Waals surface area (Å²) in [6.45, 7) is 9.67. The monoisotopic (exact) mass is 279 g/mol. The first-order valence-corrected chi connectivity index (χ1v) is 7.80. The Hall–Kier alpha value is -1.06. The Balaban J connectivity index is 2.24. The normalized spacial score (nSPS) is 12.3. The van der Waals surface area contributed by atoms with E-state index in [1.54, 1.807) is 0 Å². The molecule has 0 amide bonds. The molecule has 0 fully saturated rings. The molecule has 0 aromatic heterocycles. The minimum atomic E-state index is 0.327. The van der Waals surface area contributed by atoms with Gasteiger partial charge in [-0.15, -0.1) is 0 Å². The first kappa shape index (κ1) is 17.0. The molecule has 114 valence electrons. The molecule has 1 aromatic rings. The number of nitrogens with one attached hydrogen (secondary N) is 1. The molecular weight excluding hydrogens is 250 g/mol. The van der Waals surface area contributed by atoms with E-state index >= 15 is 0 Å². The molecule has 0 radical (unpaired) electrons. The Morgan fingerprint density at radius 3 is 2.75 bits per heavy atom. The Morgan fingerprint density at radius 1 is 1.15 bits per heavy atom. The SMILES string of the molecule is CCCNCc1cccc(OCCOC(C)CCC)c1. The third-order valence-corrected chi connectivity index (χ3v) is 3.10. The maximum atomic E-state index is 5.73. The van der Waals surface area contributed by atoms with Crippen LogP contribution in [-0.2, 0) is 11.3 Å². The Labute approximate surface area is 123 Å². The maximum Gasteiger partial charge on any atom is 0.119 e. The number of hydrogen-bond acceptors (Lipinski definition) is 3. The molecule has 3 heteroatoms. The van der Waals surface area contributed by atoms with Gasteiger partial charge in [-0.25, -0.2) is 0 Å². The summed E-state index contributed by atoms with van der Waals surface area (Å²) in [5.74, 6) is 0.924. The van der Waals surface area contributed by atoms with Gasteiger partial charge >= 0.3 is 0 Å². The van der Waals surface area contributed by atoms with E-state index in [0.29, 0.717) is 19.3 Å². The lowest BCUT2D eigenvalue weighted by atomic mass is 10.2. The zero-order chi connectivity index (χ0) is 14.6. The molecule has 0 saturated carbocycles. The zero-order valence-corrected chi connectivity index (χ0v) is 13.2. The summed E-state index contributed by atoms with van der Waals surface area (Å²) in [6.07, 6.45) is 3.75. The highest BCUT2D eigenvalue weighted by molar-refractivity contribution is 5.28. The van der Waals surface area contributed by atoms with Crippen molar-refractivity contribution in [3.8, 4) is 5.75 Å². The highest BCUT2D eigenvalue weighted by atomic mass is 16.5. The van der Waals surface area contributed by atoms with Gasteiger partial charge in [-0.3, -0.25) is 0 Å². The highest BCUT2D eigenvalue weighted by Crippen LogP contribution is 2.13. The molecule has 20 heavy (non-hydrogen) atoms. The fourth-order valence-electron chi connectivity index (χ4n) is 2.05. The van der Waals surface area contributed by atoms with Crippen LogP contribution < -0.4 is 10.1 Å². The van der Waals surface area contributed by atoms with E-state index in [9.17, 15) is 0 Å². The van der Waals surface area contributed by atoms with Gasteiger partial charge in [0.25, 0.3) is 0 Å². The third-order valence-electron chi connectivity index (χ3n) is 3.10. The Bertz CT molecular complexity index is 355. The van der Waals surface area contributed by atoms with Crippen LogP contribution in [0.3, 0.4) is 0 Å². The zero-order valence-electron chi connectivity index (χ0n) is 13.2. The number of rotatable bonds is 11. The van der Waals surface area contributed by atoms with Crippen LogP contribution in [0.15, 0.2) is 24.3 Å². The summed E-state index contributed by atoms with van der Waals surface area (Å²) in [4.78, 5) is 0. The lowest BCUT2D eigenvalue weighted by molar-refractivity contribution is 0.0395. The quantitative estimate of drug-likeness (QED) is 0.625. The van der Waals surface area contributed by atoms with Crippen LogP contribution in [0.4, 0.5) is 0 Å². The average Bonchev–Trinajstić information content (AvgIpc) is 2.45. The summed E-state index contributed by atoms with van der Waals surface area (Å²) in [5.41, 5.74) is 1.26. The van der Waals surface area contributed by atoms with Crippen LogP contribution in [0.1, 0.15) is 45.6 Å². The van der Waals surface area contributed by atoms with E-state index in [2.05, 4.69) is 38.2 Å². The molecule has 0 saturated heterocycles. The van der Waals surface area contributed by atoms with Gasteiger partial charge < -0.3 is 14.8 Å². The number of ether oxygens (including phenoxy) is 2. The summed E-state index contributed by atoms with van der Waals surface area (Å²) < 4.78 is 11.4. The minimum Gasteiger partial charge on any atom is -0.491 e. The minimum absolute atomic E-state index is 0.327. The van der Waals surface area contributed by atoms with Crippen LogP contribution in [0, 0.1) is 0 Å². The lowest BCUT2D eigenvalue weighted by Gasteiger charge is -2.13. The smallest absolute Gasteiger partial charge is 0.119 e. The van der Waals surface area contributed by atoms with Crippen molar-refractivity contribution in [3.63, 3.8) is 0 Å². The van der Waals surface area contributed by atoms with Crippen molar-refractivity contribution >= 4 is 0 Å². The van der Waals surface area contributed by atoms with Gasteiger partial charge in [0, 0.05) is 6.54 Å². The van der Waals surface area contributed by atoms with Crippen LogP contribution in [0.5, 0.6) is 5.75 Å². The predicted octanol–water partition coefficient (Wildman–Crippen LogP) is 3.77. The topological polar surface area (TPSA) is 30.5 Å². The summed E-state index contributed by atoms with van der Waals surface area (Å²) >= 11 is 0. The molecule has 1 unspecified atom stereocenters. The predicted molar refractivity (Wildman–Crippen MR) is 84.3 cm³/mol. The molecule has 0 aliphatic rings. The van der Waals surface area contributed by atoms with Gasteiger partial charge in [0.2, 0.25) is 0 Å². The second-order valence-corrected chi connectivity index (χ2v) is 5.14. The van der Waals surface area contributed by atoms with Crippen molar-refractivity contribution in [2.45, 2.75) is 52.7 Å². The van der Waals surface area contributed by atoms with Crippen LogP contribution >= 0.6 is 0 Å². The van der Waals surface area contributed by atoms with Gasteiger partial charge in [-0.1, -0.05) is 32.4 Å². The number of benzene rings is 1. The van der Waals surface area contributed by atoms with Crippen LogP contribution in [-0.4, -0.2) is 25.9 Å². The molecule has 0 bridgehead atoms. The highest BCUT2D eigenvalue weighted by Gasteiger charge is 2.01. The summed E-state index contributed by atoms with van der Waals surface area (Å²) in [6, 6.07) is 8.26. The van der Waals surface area contributed by atoms with Crippen molar-refractivity contribution in [3.05, 3.63) is 29.8 Å². The fourth-order valence-corrected chi connectivity index (χ4v) is 2.05. The Morgan fingerprint density at radius 2 is 2.00 bits per heavy atom. The first-order chi connectivity index (χ1) is 9.76. The molecule has 1 aromatic carbocycles. The van der Waals surface area contributed by atoms with E-state index < -0.39 is 0 Å². The second kappa shape index (κ2) is 10.7. The molecular formula is C17H29NO2. The average molecular weight is 279 g/mol. The van der Waals surface area contributed by atoms with Gasteiger partial charge in [0.15, 0.2) is 0 Å². The molecule has 1 N–H and O–H groups in total. The van der Waals surface area contributed by atoms with Crippen LogP contribution in [0.2, 0.25) is 0 Å². The molecule has 3 nitrogen and oxygen atoms in total. The standard InChI is InChI=1S/C17H29NO2/c1-4-7-15(3)19-11-12-20-17-9-6-8-16(13-17)14-18-10-5-2/h6,8-9,13,15,18H,4-5,7,10-12,14H2,1-3H3. The number of hydrogen-bond donors (Lipinski definition) is 1. The summed E-state index contributed by atoms with van der Waals surface area (Å²) in [7, 11) is 0. The van der Waals surface area contributed by atoms with Crippen molar-refractivity contribution < 1.29 is 9.47 Å². The van der Waals surface area contributed by atoms with Crippen molar-refractivity contribution in [1.29, 1.82) is 0 Å². The van der Waals surface area contributed by atoms with Gasteiger partial charge in [0.1, 0.15) is 12.4 Å². The fraction of sp³-hybridized carbons (Fsp3) is 0.647. The van der Waals surface area contributed by atoms with E-state index in [1.165, 1.54) is 5.56 Å². The molecule has 0 aliphatic heterocycles. The van der Waals surface area contributed by atoms with Gasteiger partial charge in [-0.05, 0) is 44.0 Å². The molecule has 0 heterocycles. The van der Waals surface area contributed by atoms with E-state index in [-0.39, 0.29) is 0 Å². The van der Waals surface area contributed by atoms with Gasteiger partial charge in [-0.2, -0.15) is 0 Å². The van der Waals surface area contributed by atoms with E-state index in [1.807, 2.05) is 12.1 Å². The molecule has 1 atom stereocenters. The van der Waals surface area contributed by atoms with Crippen LogP contribution in [0.25, 0.3) is 0 Å². The van der Waals surface area contributed by atoms with Crippen molar-refractivity contribution in [2.24, 2.45) is 0 Å². The van der Waals surface area contributed by atoms with Gasteiger partial charge in [0.05, 0.1) is 12.7 Å². The molecule has 0 spiro atoms. The van der Waals surface area contributed by atoms with E-state index in [4.69, 9.17) is 9.47 Å². The third kappa shape index (κ3) is 7.51. The maximum absolute atomic E-state index is 5.73. The first-order valence-electron chi connectivity index (χ1n) is 7.80. The molecule has 1 rings (SSSR count). The molecule has 0 aliphatic carbocycles. The summed E-state index contributed by atoms with van der Waals surface area (Å²) in [5, 5.41) is 3.39. The lowest BCUT2D eigenvalue weighted by Crippen LogP contribution is -2.15. The van der Waals surface area contributed by atoms with Crippen molar-refractivity contribution in [2.75, 3.05) is 19.8 Å². The Kier molecular flexibility index (Phi) is 9.09. The largest absolute Gasteiger partial charge is 0.491 e. The van der Waals surface area contributed by atoms with E-state index in [0.717, 1.165) is 38.1 Å².